The van der Waals surface area contributed by atoms with Crippen LogP contribution in [0, 0.1) is 36.8 Å². The normalized spacial score (nSPS) is 5.84. The smallest absolute Gasteiger partial charge is 0.00974 e. The van der Waals surface area contributed by atoms with Crippen molar-refractivity contribution in [1.82, 2.24) is 22.2 Å². The minimum absolute atomic E-state index is 0. The SMILES string of the molecule is Br.CCCCCNN.CNC.CNC.N.NCCCCCN.O=[NH+][O-].O=[NH+][O-].[N-]=[N+]=N.[N-]=[N+]=N.[N-]=[N+]=N. The first-order valence-electron chi connectivity index (χ1n) is 9.75. The first kappa shape index (κ1) is 70.0. The van der Waals surface area contributed by atoms with Gasteiger partial charge in [0.05, 0.1) is 0 Å². The van der Waals surface area contributed by atoms with Crippen LogP contribution >= 0.6 is 17.0 Å². The molecule has 0 bridgehead atoms. The second kappa shape index (κ2) is 173. The van der Waals surface area contributed by atoms with Crippen molar-refractivity contribution in [3.8, 4) is 0 Å². The highest BCUT2D eigenvalue weighted by molar-refractivity contribution is 8.93. The van der Waals surface area contributed by atoms with Crippen LogP contribution in [-0.2, 0) is 0 Å². The molecule has 0 aliphatic carbocycles. The lowest BCUT2D eigenvalue weighted by Crippen LogP contribution is -2.53. The van der Waals surface area contributed by atoms with E-state index < -0.39 is 0 Å². The molecule has 0 rings (SSSR count). The predicted molar refractivity (Wildman–Crippen MR) is 153 cm³/mol. The van der Waals surface area contributed by atoms with E-state index >= 15 is 0 Å². The third kappa shape index (κ3) is 1300. The summed E-state index contributed by atoms with van der Waals surface area (Å²) < 4.78 is 0. The van der Waals surface area contributed by atoms with Gasteiger partial charge in [-0.25, -0.2) is 0 Å². The van der Waals surface area contributed by atoms with Gasteiger partial charge >= 0.3 is 0 Å². The molecule has 37 heavy (non-hydrogen) atoms. The molecule has 22 nitrogen and oxygen atoms in total. The average Bonchev–Trinajstić information content (AvgIpc) is 2.79. The van der Waals surface area contributed by atoms with Gasteiger partial charge in [-0.15, -0.1) is 33.6 Å². The molecule has 0 radical (unpaired) electrons. The Balaban J connectivity index is -0.0000000235. The number of nitrogens with one attached hydrogen (secondary N) is 8. The lowest BCUT2D eigenvalue weighted by atomic mass is 10.2. The van der Waals surface area contributed by atoms with Crippen molar-refractivity contribution >= 4 is 17.0 Å². The van der Waals surface area contributed by atoms with Crippen molar-refractivity contribution in [3.63, 3.8) is 0 Å². The molecular weight excluding hydrogens is 564 g/mol. The molecule has 0 atom stereocenters. The van der Waals surface area contributed by atoms with Crippen molar-refractivity contribution in [2.75, 3.05) is 47.8 Å². The second-order valence-corrected chi connectivity index (χ2v) is 4.77. The molecule has 0 aromatic carbocycles. The van der Waals surface area contributed by atoms with Gasteiger partial charge in [-0.1, -0.05) is 26.2 Å². The number of hydrogen-bond acceptors (Lipinski definition) is 14. The first-order chi connectivity index (χ1) is 16.7. The Kier molecular flexibility index (Phi) is 327. The van der Waals surface area contributed by atoms with E-state index in [1.165, 1.54) is 25.7 Å². The maximum Gasteiger partial charge on any atom is 0.00974 e. The van der Waals surface area contributed by atoms with Crippen LogP contribution in [0.2, 0.25) is 0 Å². The molecule has 0 aliphatic heterocycles. The van der Waals surface area contributed by atoms with Gasteiger partial charge in [-0.3, -0.25) is 31.5 Å². The molecular formula is C14H51BrN18O4. The zero-order valence-electron chi connectivity index (χ0n) is 22.5. The number of rotatable bonds is 8. The van der Waals surface area contributed by atoms with Crippen LogP contribution in [0.4, 0.5) is 0 Å². The molecule has 0 amide bonds. The van der Waals surface area contributed by atoms with E-state index in [0.717, 1.165) is 32.5 Å². The Morgan fingerprint density at radius 3 is 1.11 bits per heavy atom. The number of unbranched alkanes of at least 4 members (excludes halogenated alkanes) is 4. The summed E-state index contributed by atoms with van der Waals surface area (Å²) in [7, 11) is 7.50. The van der Waals surface area contributed by atoms with Gasteiger partial charge in [0.15, 0.2) is 0 Å². The number of hydrogen-bond donors (Lipinski definition) is 12. The number of nitrogens with two attached hydrogens (primary N) is 3. The molecule has 0 aromatic heterocycles. The van der Waals surface area contributed by atoms with Crippen molar-refractivity contribution < 1.29 is 10.7 Å². The molecule has 0 saturated heterocycles. The summed E-state index contributed by atoms with van der Waals surface area (Å²) in [5, 5.41) is 22.2. The van der Waals surface area contributed by atoms with Gasteiger partial charge in [-0.2, -0.15) is 0 Å². The van der Waals surface area contributed by atoms with Crippen LogP contribution in [0.3, 0.4) is 0 Å². The zero-order chi connectivity index (χ0) is 30.0. The van der Waals surface area contributed by atoms with E-state index in [2.05, 4.69) is 23.0 Å². The highest BCUT2D eigenvalue weighted by Crippen LogP contribution is 1.89. The third-order valence-electron chi connectivity index (χ3n) is 1.83. The Morgan fingerprint density at radius 2 is 0.973 bits per heavy atom. The lowest BCUT2D eigenvalue weighted by molar-refractivity contribution is -0.399. The van der Waals surface area contributed by atoms with Gasteiger partial charge in [0, 0.05) is 17.2 Å². The maximum atomic E-state index is 8.12. The number of hydrazine groups is 1. The van der Waals surface area contributed by atoms with Crippen LogP contribution in [0.15, 0.2) is 0 Å². The van der Waals surface area contributed by atoms with Gasteiger partial charge in [0.1, 0.15) is 0 Å². The van der Waals surface area contributed by atoms with Crippen LogP contribution in [-0.4, -0.2) is 47.8 Å². The molecule has 0 unspecified atom stereocenters. The number of nitrogens with zero attached hydrogens (tertiary/aromatic N) is 6. The molecule has 0 fully saturated rings. The summed E-state index contributed by atoms with van der Waals surface area (Å²) in [6.07, 6.45) is 7.18. The molecule has 0 saturated carbocycles. The average molecular weight is 616 g/mol. The van der Waals surface area contributed by atoms with E-state index in [1.807, 2.05) is 28.2 Å². The van der Waals surface area contributed by atoms with Crippen LogP contribution in [0.25, 0.3) is 31.3 Å². The molecule has 0 spiro atoms. The maximum absolute atomic E-state index is 8.12. The standard InChI is InChI=1S/2C5H14N2.2C2H7N.BrH.3HN3.2HNO2.H3N/c1-2-3-4-5-7-6;6-4-2-1-3-5-7;2*1-3-2;;3*1-3-2;2*2-1-3;/h7H,2-6H2,1H3;1-7H2;2*3H,1-2H3;1H;5*1H;1H3. The minimum Gasteiger partial charge on any atom is -0.344 e. The predicted octanol–water partition coefficient (Wildman–Crippen LogP) is 0.414. The van der Waals surface area contributed by atoms with Crippen molar-refractivity contribution in [3.05, 3.63) is 51.6 Å². The van der Waals surface area contributed by atoms with E-state index in [9.17, 15) is 0 Å². The summed E-state index contributed by atoms with van der Waals surface area (Å²) in [5.74, 6) is 5.02. The van der Waals surface area contributed by atoms with Crippen LogP contribution < -0.4 is 50.2 Å². The quantitative estimate of drug-likeness (QED) is 0.0337. The van der Waals surface area contributed by atoms with Crippen molar-refractivity contribution in [2.45, 2.75) is 45.4 Å². The van der Waals surface area contributed by atoms with Crippen molar-refractivity contribution in [1.29, 1.82) is 16.6 Å². The van der Waals surface area contributed by atoms with Gasteiger partial charge < -0.3 is 28.3 Å². The third-order valence-corrected chi connectivity index (χ3v) is 1.83. The van der Waals surface area contributed by atoms with Crippen LogP contribution in [0.5, 0.6) is 0 Å². The summed E-state index contributed by atoms with van der Waals surface area (Å²) in [6.45, 7) is 4.74. The Bertz CT molecular complexity index is 340. The van der Waals surface area contributed by atoms with Crippen LogP contribution in [0.1, 0.15) is 45.4 Å². The van der Waals surface area contributed by atoms with Gasteiger partial charge in [-0.05, 0) is 91.9 Å². The fourth-order valence-corrected chi connectivity index (χ4v) is 0.943. The van der Waals surface area contributed by atoms with Crippen molar-refractivity contribution in [2.24, 2.45) is 17.3 Å². The van der Waals surface area contributed by atoms with E-state index in [4.69, 9.17) is 70.7 Å². The topological polar surface area (TPSA) is 438 Å². The molecule has 228 valence electrons. The second-order valence-electron chi connectivity index (χ2n) is 4.77. The van der Waals surface area contributed by atoms with E-state index in [-0.39, 0.29) is 33.8 Å². The molecule has 0 aromatic rings. The molecule has 17 N–H and O–H groups in total. The van der Waals surface area contributed by atoms with E-state index in [1.54, 1.807) is 14.7 Å². The summed E-state index contributed by atoms with van der Waals surface area (Å²) >= 11 is 0. The molecule has 0 heterocycles. The largest absolute Gasteiger partial charge is 0.344 e. The lowest BCUT2D eigenvalue weighted by Gasteiger charge is -1.93. The fourth-order valence-electron chi connectivity index (χ4n) is 0.943. The number of halogens is 1. The Hall–Kier alpha value is -3.07. The Morgan fingerprint density at radius 1 is 0.757 bits per heavy atom. The molecule has 0 aliphatic rings. The molecule has 23 heteroatoms. The minimum atomic E-state index is 0. The van der Waals surface area contributed by atoms with Gasteiger partial charge in [0.25, 0.3) is 0 Å². The first-order valence-corrected chi connectivity index (χ1v) is 9.75. The summed E-state index contributed by atoms with van der Waals surface area (Å²) in [5.41, 5.74) is 49.8. The van der Waals surface area contributed by atoms with E-state index in [0.29, 0.717) is 0 Å². The Labute approximate surface area is 228 Å². The highest BCUT2D eigenvalue weighted by atomic mass is 79.9. The zero-order valence-corrected chi connectivity index (χ0v) is 24.2. The fraction of sp³-hybridized carbons (Fsp3) is 1.00. The highest BCUT2D eigenvalue weighted by Gasteiger charge is 1.80. The summed E-state index contributed by atoms with van der Waals surface area (Å²) in [4.78, 5) is 21.5. The monoisotopic (exact) mass is 614 g/mol. The van der Waals surface area contributed by atoms with Gasteiger partial charge in [0.2, 0.25) is 0 Å². The summed E-state index contributed by atoms with van der Waals surface area (Å²) in [6, 6.07) is 0.